The number of amides is 1. The van der Waals surface area contributed by atoms with Gasteiger partial charge in [-0.3, -0.25) is 9.69 Å². The minimum absolute atomic E-state index is 0.0828. The van der Waals surface area contributed by atoms with E-state index < -0.39 is 0 Å². The van der Waals surface area contributed by atoms with E-state index in [0.717, 1.165) is 24.5 Å². The summed E-state index contributed by atoms with van der Waals surface area (Å²) in [5.41, 5.74) is 1.59. The number of hydrogen-bond acceptors (Lipinski definition) is 3. The lowest BCUT2D eigenvalue weighted by atomic mass is 10.3. The number of hydrogen-bond donors (Lipinski definition) is 1. The average molecular weight is 355 g/mol. The maximum absolute atomic E-state index is 12.1. The number of likely N-dealkylation sites (N-methyl/N-ethyl adjacent to an activating group) is 1. The van der Waals surface area contributed by atoms with Crippen LogP contribution in [0.1, 0.15) is 19.5 Å². The Morgan fingerprint density at radius 3 is 2.57 bits per heavy atom. The summed E-state index contributed by atoms with van der Waals surface area (Å²) >= 11 is 12.1. The third-order valence-electron chi connectivity index (χ3n) is 3.55. The molecule has 0 fully saturated rings. The molecule has 1 N–H and O–H groups in total. The van der Waals surface area contributed by atoms with Gasteiger partial charge >= 0.3 is 0 Å². The molecule has 0 atom stereocenters. The van der Waals surface area contributed by atoms with Gasteiger partial charge in [0.2, 0.25) is 5.91 Å². The van der Waals surface area contributed by atoms with Crippen LogP contribution in [0, 0.1) is 6.92 Å². The molecule has 0 bridgehead atoms. The number of aryl methyl sites for hydroxylation is 1. The van der Waals surface area contributed by atoms with E-state index in [1.807, 2.05) is 31.7 Å². The summed E-state index contributed by atoms with van der Waals surface area (Å²) in [5, 5.41) is 8.30. The van der Waals surface area contributed by atoms with Gasteiger partial charge in [-0.25, -0.2) is 4.68 Å². The number of anilines is 1. The normalized spacial score (nSPS) is 11.0. The largest absolute Gasteiger partial charge is 0.308 e. The van der Waals surface area contributed by atoms with Crippen LogP contribution in [0.3, 0.4) is 0 Å². The van der Waals surface area contributed by atoms with Gasteiger partial charge in [-0.2, -0.15) is 0 Å². The lowest BCUT2D eigenvalue weighted by Gasteiger charge is -2.16. The minimum Gasteiger partial charge on any atom is -0.308 e. The summed E-state index contributed by atoms with van der Waals surface area (Å²) < 4.78 is 1.69. The molecule has 1 aromatic heterocycles. The molecular formula is C16H20Cl2N4O. The molecule has 23 heavy (non-hydrogen) atoms. The van der Waals surface area contributed by atoms with Crippen molar-refractivity contribution in [1.82, 2.24) is 14.7 Å². The molecule has 5 nitrogen and oxygen atoms in total. The Morgan fingerprint density at radius 2 is 1.96 bits per heavy atom. The average Bonchev–Trinajstić information content (AvgIpc) is 2.85. The standard InChI is InChI=1S/C16H20Cl2N4O/c1-4-21(5-2)10-16(23)19-15-8-11(3)22(20-15)14-7-6-12(17)9-13(14)18/h6-9H,4-5,10H2,1-3H3,(H,19,20,23). The van der Waals surface area contributed by atoms with E-state index in [1.54, 1.807) is 22.9 Å². The van der Waals surface area contributed by atoms with Gasteiger partial charge in [0.05, 0.1) is 17.3 Å². The molecule has 1 aromatic carbocycles. The van der Waals surface area contributed by atoms with Crippen molar-refractivity contribution in [3.05, 3.63) is 40.0 Å². The Hall–Kier alpha value is -1.56. The molecule has 0 radical (unpaired) electrons. The van der Waals surface area contributed by atoms with Crippen LogP contribution in [0.2, 0.25) is 10.0 Å². The fraction of sp³-hybridized carbons (Fsp3) is 0.375. The lowest BCUT2D eigenvalue weighted by Crippen LogP contribution is -2.33. The zero-order valence-corrected chi connectivity index (χ0v) is 14.9. The number of nitrogens with one attached hydrogen (secondary N) is 1. The Labute approximate surface area is 146 Å². The topological polar surface area (TPSA) is 50.2 Å². The Morgan fingerprint density at radius 1 is 1.26 bits per heavy atom. The maximum atomic E-state index is 12.1. The van der Waals surface area contributed by atoms with E-state index >= 15 is 0 Å². The van der Waals surface area contributed by atoms with Gasteiger partial charge in [0.25, 0.3) is 0 Å². The molecule has 1 heterocycles. The highest BCUT2D eigenvalue weighted by Crippen LogP contribution is 2.26. The van der Waals surface area contributed by atoms with E-state index in [1.165, 1.54) is 0 Å². The van der Waals surface area contributed by atoms with Gasteiger partial charge in [-0.1, -0.05) is 37.0 Å². The van der Waals surface area contributed by atoms with Crippen molar-refractivity contribution in [2.75, 3.05) is 25.0 Å². The lowest BCUT2D eigenvalue weighted by molar-refractivity contribution is -0.117. The van der Waals surface area contributed by atoms with Crippen LogP contribution in [-0.2, 0) is 4.79 Å². The summed E-state index contributed by atoms with van der Waals surface area (Å²) in [7, 11) is 0. The zero-order valence-electron chi connectivity index (χ0n) is 13.4. The van der Waals surface area contributed by atoms with E-state index in [-0.39, 0.29) is 5.91 Å². The Bertz CT molecular complexity index is 695. The van der Waals surface area contributed by atoms with Crippen LogP contribution in [0.25, 0.3) is 5.69 Å². The van der Waals surface area contributed by atoms with E-state index in [9.17, 15) is 4.79 Å². The van der Waals surface area contributed by atoms with Crippen LogP contribution < -0.4 is 5.32 Å². The van der Waals surface area contributed by atoms with Gasteiger partial charge < -0.3 is 5.32 Å². The number of carbonyl (C=O) groups excluding carboxylic acids is 1. The molecule has 1 amide bonds. The highest BCUT2D eigenvalue weighted by Gasteiger charge is 2.13. The second kappa shape index (κ2) is 7.81. The first-order valence-electron chi connectivity index (χ1n) is 7.48. The predicted molar refractivity (Wildman–Crippen MR) is 94.7 cm³/mol. The molecule has 0 spiro atoms. The second-order valence-corrected chi connectivity index (χ2v) is 6.03. The fourth-order valence-electron chi connectivity index (χ4n) is 2.27. The number of nitrogens with zero attached hydrogens (tertiary/aromatic N) is 3. The zero-order chi connectivity index (χ0) is 17.0. The van der Waals surface area contributed by atoms with Gasteiger partial charge in [-0.15, -0.1) is 5.10 Å². The molecule has 0 unspecified atom stereocenters. The molecule has 0 saturated heterocycles. The predicted octanol–water partition coefficient (Wildman–Crippen LogP) is 3.77. The number of halogens is 2. The summed E-state index contributed by atoms with van der Waals surface area (Å²) in [6.07, 6.45) is 0. The van der Waals surface area contributed by atoms with Crippen LogP contribution in [-0.4, -0.2) is 40.2 Å². The third kappa shape index (κ3) is 4.47. The summed E-state index contributed by atoms with van der Waals surface area (Å²) in [6.45, 7) is 7.96. The Balaban J connectivity index is 2.16. The molecule has 124 valence electrons. The first-order chi connectivity index (χ1) is 10.9. The maximum Gasteiger partial charge on any atom is 0.239 e. The molecule has 7 heteroatoms. The summed E-state index contributed by atoms with van der Waals surface area (Å²) in [4.78, 5) is 14.1. The smallest absolute Gasteiger partial charge is 0.239 e. The quantitative estimate of drug-likeness (QED) is 0.858. The van der Waals surface area contributed by atoms with Crippen molar-refractivity contribution in [2.24, 2.45) is 0 Å². The van der Waals surface area contributed by atoms with Crippen LogP contribution >= 0.6 is 23.2 Å². The van der Waals surface area contributed by atoms with E-state index in [0.29, 0.717) is 22.4 Å². The monoisotopic (exact) mass is 354 g/mol. The molecule has 0 aliphatic carbocycles. The molecular weight excluding hydrogens is 335 g/mol. The molecule has 2 aromatic rings. The van der Waals surface area contributed by atoms with Crippen molar-refractivity contribution < 1.29 is 4.79 Å². The molecule has 2 rings (SSSR count). The SMILES string of the molecule is CCN(CC)CC(=O)Nc1cc(C)n(-c2ccc(Cl)cc2Cl)n1. The number of carbonyl (C=O) groups is 1. The van der Waals surface area contributed by atoms with Crippen LogP contribution in [0.5, 0.6) is 0 Å². The van der Waals surface area contributed by atoms with Crippen LogP contribution in [0.4, 0.5) is 5.82 Å². The van der Waals surface area contributed by atoms with Gasteiger partial charge in [-0.05, 0) is 38.2 Å². The van der Waals surface area contributed by atoms with Crippen molar-refractivity contribution in [3.8, 4) is 5.69 Å². The summed E-state index contributed by atoms with van der Waals surface area (Å²) in [5.74, 6) is 0.422. The molecule has 0 saturated carbocycles. The number of benzene rings is 1. The third-order valence-corrected chi connectivity index (χ3v) is 4.09. The van der Waals surface area contributed by atoms with Crippen molar-refractivity contribution in [1.29, 1.82) is 0 Å². The number of rotatable bonds is 6. The first-order valence-corrected chi connectivity index (χ1v) is 8.24. The highest BCUT2D eigenvalue weighted by atomic mass is 35.5. The Kier molecular flexibility index (Phi) is 6.04. The van der Waals surface area contributed by atoms with Crippen molar-refractivity contribution >= 4 is 34.9 Å². The van der Waals surface area contributed by atoms with Gasteiger partial charge in [0.1, 0.15) is 0 Å². The molecule has 0 aliphatic heterocycles. The summed E-state index contributed by atoms with van der Waals surface area (Å²) in [6, 6.07) is 7.03. The van der Waals surface area contributed by atoms with E-state index in [4.69, 9.17) is 23.2 Å². The van der Waals surface area contributed by atoms with E-state index in [2.05, 4.69) is 10.4 Å². The van der Waals surface area contributed by atoms with Gasteiger partial charge in [0.15, 0.2) is 5.82 Å². The van der Waals surface area contributed by atoms with Crippen molar-refractivity contribution in [2.45, 2.75) is 20.8 Å². The van der Waals surface area contributed by atoms with Gasteiger partial charge in [0, 0.05) is 16.8 Å². The molecule has 0 aliphatic rings. The number of aromatic nitrogens is 2. The minimum atomic E-state index is -0.0828. The van der Waals surface area contributed by atoms with Crippen molar-refractivity contribution in [3.63, 3.8) is 0 Å². The fourth-order valence-corrected chi connectivity index (χ4v) is 2.75. The van der Waals surface area contributed by atoms with Crippen LogP contribution in [0.15, 0.2) is 24.3 Å². The first kappa shape index (κ1) is 17.8. The second-order valence-electron chi connectivity index (χ2n) is 5.19. The highest BCUT2D eigenvalue weighted by molar-refractivity contribution is 6.35.